The molecule has 1 fully saturated rings. The SMILES string of the molecule is CC(C)(C)C(=O)N1CCCN(C(=O)CN2C(=O)c3ccccc3C2=O)CC1. The standard InChI is InChI=1S/C20H25N3O4/c1-20(2,3)19(27)22-10-6-9-21(11-12-22)16(24)13-23-17(25)14-7-4-5-8-15(14)18(23)26/h4-5,7-8H,6,9-13H2,1-3H3. The molecule has 2 heterocycles. The van der Waals surface area contributed by atoms with Gasteiger partial charge in [0.25, 0.3) is 11.8 Å². The number of nitrogens with zero attached hydrogens (tertiary/aromatic N) is 3. The Bertz CT molecular complexity index is 762. The van der Waals surface area contributed by atoms with Gasteiger partial charge in [-0.3, -0.25) is 24.1 Å². The van der Waals surface area contributed by atoms with Crippen molar-refractivity contribution in [3.63, 3.8) is 0 Å². The molecule has 1 aromatic carbocycles. The van der Waals surface area contributed by atoms with Crippen molar-refractivity contribution >= 4 is 23.6 Å². The maximum Gasteiger partial charge on any atom is 0.262 e. The molecule has 2 aliphatic heterocycles. The van der Waals surface area contributed by atoms with Gasteiger partial charge in [0.2, 0.25) is 11.8 Å². The quantitative estimate of drug-likeness (QED) is 0.736. The predicted octanol–water partition coefficient (Wildman–Crippen LogP) is 1.39. The summed E-state index contributed by atoms with van der Waals surface area (Å²) in [6.07, 6.45) is 0.676. The van der Waals surface area contributed by atoms with Crippen LogP contribution in [0.25, 0.3) is 0 Å². The number of imide groups is 1. The van der Waals surface area contributed by atoms with Gasteiger partial charge in [0.05, 0.1) is 11.1 Å². The first kappa shape index (κ1) is 19.1. The summed E-state index contributed by atoms with van der Waals surface area (Å²) in [5.41, 5.74) is 0.223. The fraction of sp³-hybridized carbons (Fsp3) is 0.500. The van der Waals surface area contributed by atoms with Crippen molar-refractivity contribution in [3.8, 4) is 0 Å². The molecule has 7 heteroatoms. The average molecular weight is 371 g/mol. The van der Waals surface area contributed by atoms with Crippen LogP contribution in [0.4, 0.5) is 0 Å². The molecule has 7 nitrogen and oxygen atoms in total. The van der Waals surface area contributed by atoms with Crippen molar-refractivity contribution in [2.75, 3.05) is 32.7 Å². The molecule has 27 heavy (non-hydrogen) atoms. The van der Waals surface area contributed by atoms with E-state index in [9.17, 15) is 19.2 Å². The lowest BCUT2D eigenvalue weighted by Crippen LogP contribution is -2.45. The van der Waals surface area contributed by atoms with Gasteiger partial charge in [0.1, 0.15) is 6.54 Å². The minimum absolute atomic E-state index is 0.0668. The van der Waals surface area contributed by atoms with Crippen LogP contribution in [0.15, 0.2) is 24.3 Å². The number of fused-ring (bicyclic) bond motifs is 1. The van der Waals surface area contributed by atoms with E-state index in [2.05, 4.69) is 0 Å². The third-order valence-corrected chi connectivity index (χ3v) is 4.95. The summed E-state index contributed by atoms with van der Waals surface area (Å²) >= 11 is 0. The van der Waals surface area contributed by atoms with Crippen LogP contribution < -0.4 is 0 Å². The average Bonchev–Trinajstić information content (AvgIpc) is 2.81. The normalized spacial score (nSPS) is 17.8. The van der Waals surface area contributed by atoms with Gasteiger partial charge in [0, 0.05) is 31.6 Å². The van der Waals surface area contributed by atoms with E-state index in [0.717, 1.165) is 4.90 Å². The predicted molar refractivity (Wildman–Crippen MR) is 99.0 cm³/mol. The Balaban J connectivity index is 1.63. The highest BCUT2D eigenvalue weighted by atomic mass is 16.2. The van der Waals surface area contributed by atoms with Gasteiger partial charge in [-0.25, -0.2) is 0 Å². The van der Waals surface area contributed by atoms with Gasteiger partial charge in [-0.05, 0) is 18.6 Å². The highest BCUT2D eigenvalue weighted by Gasteiger charge is 2.37. The number of carbonyl (C=O) groups is 4. The first-order valence-corrected chi connectivity index (χ1v) is 9.22. The van der Waals surface area contributed by atoms with Crippen LogP contribution in [0.3, 0.4) is 0 Å². The largest absolute Gasteiger partial charge is 0.340 e. The highest BCUT2D eigenvalue weighted by molar-refractivity contribution is 6.22. The highest BCUT2D eigenvalue weighted by Crippen LogP contribution is 2.23. The number of rotatable bonds is 2. The lowest BCUT2D eigenvalue weighted by atomic mass is 9.94. The zero-order valence-electron chi connectivity index (χ0n) is 16.0. The van der Waals surface area contributed by atoms with Gasteiger partial charge in [0.15, 0.2) is 0 Å². The molecule has 3 rings (SSSR count). The molecule has 0 radical (unpaired) electrons. The number of benzene rings is 1. The van der Waals surface area contributed by atoms with Crippen LogP contribution in [0, 0.1) is 5.41 Å². The van der Waals surface area contributed by atoms with Crippen LogP contribution >= 0.6 is 0 Å². The topological polar surface area (TPSA) is 78.0 Å². The molecule has 0 unspecified atom stereocenters. The Morgan fingerprint density at radius 2 is 1.41 bits per heavy atom. The molecule has 2 aliphatic rings. The molecule has 0 N–H and O–H groups in total. The molecule has 1 aromatic rings. The molecule has 0 atom stereocenters. The Kier molecular flexibility index (Phi) is 5.04. The molecular weight excluding hydrogens is 346 g/mol. The number of carbonyl (C=O) groups excluding carboxylic acids is 4. The maximum atomic E-state index is 12.7. The monoisotopic (exact) mass is 371 g/mol. The summed E-state index contributed by atoms with van der Waals surface area (Å²) in [5, 5.41) is 0. The van der Waals surface area contributed by atoms with E-state index < -0.39 is 17.2 Å². The lowest BCUT2D eigenvalue weighted by Gasteiger charge is -2.28. The van der Waals surface area contributed by atoms with Crippen molar-refractivity contribution in [3.05, 3.63) is 35.4 Å². The Labute approximate surface area is 158 Å². The number of amides is 4. The van der Waals surface area contributed by atoms with Crippen molar-refractivity contribution in [1.29, 1.82) is 0 Å². The first-order valence-electron chi connectivity index (χ1n) is 9.22. The second kappa shape index (κ2) is 7.13. The van der Waals surface area contributed by atoms with Crippen molar-refractivity contribution in [2.45, 2.75) is 27.2 Å². The lowest BCUT2D eigenvalue weighted by molar-refractivity contribution is -0.139. The van der Waals surface area contributed by atoms with E-state index in [4.69, 9.17) is 0 Å². The van der Waals surface area contributed by atoms with Crippen LogP contribution in [0.1, 0.15) is 47.9 Å². The summed E-state index contributed by atoms with van der Waals surface area (Å²) in [7, 11) is 0. The third-order valence-electron chi connectivity index (χ3n) is 4.95. The second-order valence-corrected chi connectivity index (χ2v) is 8.02. The second-order valence-electron chi connectivity index (χ2n) is 8.02. The molecule has 0 aliphatic carbocycles. The van der Waals surface area contributed by atoms with Crippen molar-refractivity contribution in [2.24, 2.45) is 5.41 Å². The zero-order chi connectivity index (χ0) is 19.8. The van der Waals surface area contributed by atoms with Crippen LogP contribution in [-0.4, -0.2) is 71.1 Å². The van der Waals surface area contributed by atoms with Gasteiger partial charge >= 0.3 is 0 Å². The van der Waals surface area contributed by atoms with E-state index in [1.54, 1.807) is 34.1 Å². The third kappa shape index (κ3) is 3.72. The molecular formula is C20H25N3O4. The summed E-state index contributed by atoms with van der Waals surface area (Å²) in [6, 6.07) is 6.60. The Morgan fingerprint density at radius 3 is 1.96 bits per heavy atom. The smallest absolute Gasteiger partial charge is 0.262 e. The van der Waals surface area contributed by atoms with Crippen molar-refractivity contribution < 1.29 is 19.2 Å². The summed E-state index contributed by atoms with van der Waals surface area (Å²) in [6.45, 7) is 7.36. The molecule has 1 saturated heterocycles. The molecule has 0 spiro atoms. The molecule has 0 aromatic heterocycles. The Hall–Kier alpha value is -2.70. The van der Waals surface area contributed by atoms with E-state index >= 15 is 0 Å². The minimum Gasteiger partial charge on any atom is -0.340 e. The van der Waals surface area contributed by atoms with Crippen LogP contribution in [0.2, 0.25) is 0 Å². The fourth-order valence-electron chi connectivity index (χ4n) is 3.46. The number of hydrogen-bond donors (Lipinski definition) is 0. The van der Waals surface area contributed by atoms with Crippen LogP contribution in [0.5, 0.6) is 0 Å². The van der Waals surface area contributed by atoms with Gasteiger partial charge in [-0.15, -0.1) is 0 Å². The minimum atomic E-state index is -0.459. The molecule has 0 saturated carbocycles. The molecule has 144 valence electrons. The fourth-order valence-corrected chi connectivity index (χ4v) is 3.46. The zero-order valence-corrected chi connectivity index (χ0v) is 16.0. The maximum absolute atomic E-state index is 12.7. The molecule has 0 bridgehead atoms. The summed E-state index contributed by atoms with van der Waals surface area (Å²) in [4.78, 5) is 54.5. The van der Waals surface area contributed by atoms with Gasteiger partial charge in [-0.2, -0.15) is 0 Å². The first-order chi connectivity index (χ1) is 12.7. The van der Waals surface area contributed by atoms with Crippen molar-refractivity contribution in [1.82, 2.24) is 14.7 Å². The van der Waals surface area contributed by atoms with Gasteiger partial charge in [-0.1, -0.05) is 32.9 Å². The Morgan fingerprint density at radius 1 is 0.889 bits per heavy atom. The number of hydrogen-bond acceptors (Lipinski definition) is 4. The summed E-state index contributed by atoms with van der Waals surface area (Å²) < 4.78 is 0. The van der Waals surface area contributed by atoms with E-state index in [1.165, 1.54) is 0 Å². The summed E-state index contributed by atoms with van der Waals surface area (Å²) in [5.74, 6) is -1.06. The molecule has 4 amide bonds. The van der Waals surface area contributed by atoms with E-state index in [1.807, 2.05) is 20.8 Å². The van der Waals surface area contributed by atoms with E-state index in [-0.39, 0.29) is 18.4 Å². The van der Waals surface area contributed by atoms with Gasteiger partial charge < -0.3 is 9.80 Å². The van der Waals surface area contributed by atoms with E-state index in [0.29, 0.717) is 43.7 Å². The van der Waals surface area contributed by atoms with Crippen LogP contribution in [-0.2, 0) is 9.59 Å².